The zero-order valence-corrected chi connectivity index (χ0v) is 12.2. The molecule has 20 heavy (non-hydrogen) atoms. The second-order valence-corrected chi connectivity index (χ2v) is 4.74. The molecular weight excluding hydrogens is 254 g/mol. The van der Waals surface area contributed by atoms with Crippen LogP contribution in [0.15, 0.2) is 18.2 Å². The van der Waals surface area contributed by atoms with E-state index in [4.69, 9.17) is 10.5 Å². The molecule has 0 aliphatic rings. The molecule has 1 aromatic carbocycles. The molecule has 0 spiro atoms. The van der Waals surface area contributed by atoms with Gasteiger partial charge in [0.2, 0.25) is 0 Å². The van der Waals surface area contributed by atoms with Gasteiger partial charge in [0.05, 0.1) is 12.3 Å². The Balaban J connectivity index is 2.58. The van der Waals surface area contributed by atoms with Crippen molar-refractivity contribution in [3.8, 4) is 5.69 Å². The quantitative estimate of drug-likeness (QED) is 0.872. The molecule has 1 heterocycles. The molecule has 2 aromatic rings. The first kappa shape index (κ1) is 14.1. The number of esters is 1. The van der Waals surface area contributed by atoms with Gasteiger partial charge in [-0.3, -0.25) is 4.57 Å². The van der Waals surface area contributed by atoms with Gasteiger partial charge in [0.25, 0.3) is 0 Å². The third-order valence-electron chi connectivity index (χ3n) is 3.16. The Bertz CT molecular complexity index is 659. The van der Waals surface area contributed by atoms with Crippen LogP contribution in [0, 0.1) is 20.8 Å². The molecular formula is C15H19N3O2. The normalized spacial score (nSPS) is 10.6. The van der Waals surface area contributed by atoms with E-state index in [-0.39, 0.29) is 5.69 Å². The van der Waals surface area contributed by atoms with Crippen LogP contribution in [-0.4, -0.2) is 22.1 Å². The first-order valence-electron chi connectivity index (χ1n) is 6.55. The molecule has 2 rings (SSSR count). The molecule has 1 aromatic heterocycles. The molecule has 0 unspecified atom stereocenters. The second kappa shape index (κ2) is 5.36. The Kier molecular flexibility index (Phi) is 3.79. The van der Waals surface area contributed by atoms with Gasteiger partial charge in [0, 0.05) is 0 Å². The Morgan fingerprint density at radius 3 is 2.70 bits per heavy atom. The van der Waals surface area contributed by atoms with Crippen LogP contribution in [0.25, 0.3) is 5.69 Å². The van der Waals surface area contributed by atoms with E-state index in [0.717, 1.165) is 16.8 Å². The lowest BCUT2D eigenvalue weighted by Crippen LogP contribution is -2.10. The number of hydrogen-bond donors (Lipinski definition) is 1. The number of rotatable bonds is 3. The SMILES string of the molecule is CCOC(=O)c1nc(C)n(-c2cc(C)ccc2C)c1N. The van der Waals surface area contributed by atoms with Crippen molar-refractivity contribution < 1.29 is 9.53 Å². The highest BCUT2D eigenvalue weighted by Crippen LogP contribution is 2.24. The van der Waals surface area contributed by atoms with Crippen LogP contribution >= 0.6 is 0 Å². The molecule has 0 fully saturated rings. The number of nitrogen functional groups attached to an aromatic ring is 1. The molecule has 106 valence electrons. The number of imidazole rings is 1. The van der Waals surface area contributed by atoms with E-state index < -0.39 is 5.97 Å². The van der Waals surface area contributed by atoms with E-state index in [1.165, 1.54) is 0 Å². The van der Waals surface area contributed by atoms with Crippen molar-refractivity contribution in [2.75, 3.05) is 12.3 Å². The van der Waals surface area contributed by atoms with Gasteiger partial charge in [0.15, 0.2) is 5.69 Å². The van der Waals surface area contributed by atoms with Crippen LogP contribution in [0.3, 0.4) is 0 Å². The number of anilines is 1. The van der Waals surface area contributed by atoms with E-state index in [1.54, 1.807) is 11.5 Å². The van der Waals surface area contributed by atoms with Crippen LogP contribution < -0.4 is 5.73 Å². The fraction of sp³-hybridized carbons (Fsp3) is 0.333. The van der Waals surface area contributed by atoms with Gasteiger partial charge in [-0.2, -0.15) is 0 Å². The van der Waals surface area contributed by atoms with Crippen molar-refractivity contribution in [2.24, 2.45) is 0 Å². The van der Waals surface area contributed by atoms with E-state index in [9.17, 15) is 4.79 Å². The highest BCUT2D eigenvalue weighted by molar-refractivity contribution is 5.92. The first-order valence-corrected chi connectivity index (χ1v) is 6.55. The molecule has 0 saturated heterocycles. The number of benzene rings is 1. The minimum absolute atomic E-state index is 0.172. The third kappa shape index (κ3) is 2.39. The predicted molar refractivity (Wildman–Crippen MR) is 78.1 cm³/mol. The molecule has 0 saturated carbocycles. The van der Waals surface area contributed by atoms with E-state index >= 15 is 0 Å². The summed E-state index contributed by atoms with van der Waals surface area (Å²) in [6, 6.07) is 6.08. The molecule has 0 aliphatic carbocycles. The van der Waals surface area contributed by atoms with Crippen LogP contribution in [0.4, 0.5) is 5.82 Å². The number of ether oxygens (including phenoxy) is 1. The van der Waals surface area contributed by atoms with Gasteiger partial charge >= 0.3 is 5.97 Å². The topological polar surface area (TPSA) is 70.1 Å². The fourth-order valence-corrected chi connectivity index (χ4v) is 2.16. The summed E-state index contributed by atoms with van der Waals surface area (Å²) in [6.45, 7) is 7.88. The van der Waals surface area contributed by atoms with Crippen molar-refractivity contribution in [3.63, 3.8) is 0 Å². The maximum Gasteiger partial charge on any atom is 0.360 e. The number of carbonyl (C=O) groups excluding carboxylic acids is 1. The van der Waals surface area contributed by atoms with Gasteiger partial charge in [-0.1, -0.05) is 12.1 Å². The number of hydrogen-bond acceptors (Lipinski definition) is 4. The fourth-order valence-electron chi connectivity index (χ4n) is 2.16. The smallest absolute Gasteiger partial charge is 0.360 e. The Labute approximate surface area is 118 Å². The molecule has 0 bridgehead atoms. The predicted octanol–water partition coefficient (Wildman–Crippen LogP) is 2.56. The van der Waals surface area contributed by atoms with Crippen molar-refractivity contribution in [2.45, 2.75) is 27.7 Å². The lowest BCUT2D eigenvalue weighted by atomic mass is 10.1. The Morgan fingerprint density at radius 1 is 1.35 bits per heavy atom. The third-order valence-corrected chi connectivity index (χ3v) is 3.16. The lowest BCUT2D eigenvalue weighted by Gasteiger charge is -2.12. The number of aryl methyl sites for hydroxylation is 3. The molecule has 0 amide bonds. The summed E-state index contributed by atoms with van der Waals surface area (Å²) in [7, 11) is 0. The Hall–Kier alpha value is -2.30. The van der Waals surface area contributed by atoms with Gasteiger partial charge in [-0.25, -0.2) is 9.78 Å². The van der Waals surface area contributed by atoms with Crippen molar-refractivity contribution in [1.29, 1.82) is 0 Å². The largest absolute Gasteiger partial charge is 0.461 e. The first-order chi connectivity index (χ1) is 9.45. The highest BCUT2D eigenvalue weighted by Gasteiger charge is 2.21. The minimum atomic E-state index is -0.489. The van der Waals surface area contributed by atoms with Crippen molar-refractivity contribution in [1.82, 2.24) is 9.55 Å². The standard InChI is InChI=1S/C15H19N3O2/c1-5-20-15(19)13-14(16)18(11(4)17-13)12-8-9(2)6-7-10(12)3/h6-8H,5,16H2,1-4H3. The second-order valence-electron chi connectivity index (χ2n) is 4.74. The van der Waals surface area contributed by atoms with E-state index in [1.807, 2.05) is 39.0 Å². The van der Waals surface area contributed by atoms with Crippen molar-refractivity contribution >= 4 is 11.8 Å². The average Bonchev–Trinajstić information content (AvgIpc) is 2.68. The summed E-state index contributed by atoms with van der Waals surface area (Å²) < 4.78 is 6.76. The number of carbonyl (C=O) groups is 1. The minimum Gasteiger partial charge on any atom is -0.461 e. The molecule has 5 heteroatoms. The Morgan fingerprint density at radius 2 is 2.05 bits per heavy atom. The van der Waals surface area contributed by atoms with Crippen LogP contribution in [-0.2, 0) is 4.74 Å². The summed E-state index contributed by atoms with van der Waals surface area (Å²) in [5.74, 6) is 0.492. The van der Waals surface area contributed by atoms with Crippen LogP contribution in [0.1, 0.15) is 34.4 Å². The number of nitrogens with two attached hydrogens (primary N) is 1. The van der Waals surface area contributed by atoms with Gasteiger partial charge in [0.1, 0.15) is 11.6 Å². The zero-order chi connectivity index (χ0) is 14.9. The monoisotopic (exact) mass is 273 g/mol. The van der Waals surface area contributed by atoms with E-state index in [0.29, 0.717) is 18.2 Å². The maximum absolute atomic E-state index is 11.8. The summed E-state index contributed by atoms with van der Waals surface area (Å²) in [6.07, 6.45) is 0. The molecule has 2 N–H and O–H groups in total. The van der Waals surface area contributed by atoms with Gasteiger partial charge < -0.3 is 10.5 Å². The van der Waals surface area contributed by atoms with Gasteiger partial charge in [-0.05, 0) is 44.9 Å². The average molecular weight is 273 g/mol. The molecule has 0 radical (unpaired) electrons. The number of nitrogens with zero attached hydrogens (tertiary/aromatic N) is 2. The summed E-state index contributed by atoms with van der Waals surface area (Å²) >= 11 is 0. The summed E-state index contributed by atoms with van der Waals surface area (Å²) in [5, 5.41) is 0. The lowest BCUT2D eigenvalue weighted by molar-refractivity contribution is 0.0521. The molecule has 0 aliphatic heterocycles. The molecule has 5 nitrogen and oxygen atoms in total. The van der Waals surface area contributed by atoms with Crippen molar-refractivity contribution in [3.05, 3.63) is 40.8 Å². The van der Waals surface area contributed by atoms with Gasteiger partial charge in [-0.15, -0.1) is 0 Å². The summed E-state index contributed by atoms with van der Waals surface area (Å²) in [4.78, 5) is 16.1. The number of aromatic nitrogens is 2. The molecule has 0 atom stereocenters. The van der Waals surface area contributed by atoms with Crippen LogP contribution in [0.2, 0.25) is 0 Å². The highest BCUT2D eigenvalue weighted by atomic mass is 16.5. The maximum atomic E-state index is 11.8. The zero-order valence-electron chi connectivity index (χ0n) is 12.2. The van der Waals surface area contributed by atoms with E-state index in [2.05, 4.69) is 4.98 Å². The summed E-state index contributed by atoms with van der Waals surface area (Å²) in [5.41, 5.74) is 9.38. The van der Waals surface area contributed by atoms with Crippen LogP contribution in [0.5, 0.6) is 0 Å².